The van der Waals surface area contributed by atoms with Crippen molar-refractivity contribution in [2.75, 3.05) is 12.3 Å². The Morgan fingerprint density at radius 3 is 2.67 bits per heavy atom. The summed E-state index contributed by atoms with van der Waals surface area (Å²) in [5.41, 5.74) is 4.89. The molecule has 0 aromatic heterocycles. The van der Waals surface area contributed by atoms with Gasteiger partial charge in [0.05, 0.1) is 11.3 Å². The maximum Gasteiger partial charge on any atom is 0.326 e. The van der Waals surface area contributed by atoms with Gasteiger partial charge in [-0.1, -0.05) is 6.07 Å². The summed E-state index contributed by atoms with van der Waals surface area (Å²) in [4.78, 5) is 22.5. The van der Waals surface area contributed by atoms with E-state index in [0.29, 0.717) is 0 Å². The van der Waals surface area contributed by atoms with Crippen LogP contribution in [0.1, 0.15) is 16.8 Å². The molecule has 0 spiro atoms. The number of aliphatic hydroxyl groups excluding tert-OH is 1. The Balaban J connectivity index is 2.87. The largest absolute Gasteiger partial charge is 0.480 e. The van der Waals surface area contributed by atoms with E-state index in [9.17, 15) is 14.0 Å². The van der Waals surface area contributed by atoms with Crippen LogP contribution >= 0.6 is 0 Å². The zero-order valence-corrected chi connectivity index (χ0v) is 9.39. The van der Waals surface area contributed by atoms with Gasteiger partial charge in [-0.15, -0.1) is 0 Å². The number of hydrogen-bond acceptors (Lipinski definition) is 4. The summed E-state index contributed by atoms with van der Waals surface area (Å²) in [7, 11) is 0. The van der Waals surface area contributed by atoms with Gasteiger partial charge in [0.25, 0.3) is 5.91 Å². The van der Waals surface area contributed by atoms with Gasteiger partial charge in [0, 0.05) is 13.0 Å². The van der Waals surface area contributed by atoms with Gasteiger partial charge in [-0.2, -0.15) is 0 Å². The monoisotopic (exact) mass is 256 g/mol. The molecule has 1 atom stereocenters. The molecule has 0 heterocycles. The zero-order chi connectivity index (χ0) is 13.7. The number of hydrogen-bond donors (Lipinski definition) is 4. The smallest absolute Gasteiger partial charge is 0.326 e. The minimum atomic E-state index is -1.28. The second-order valence-electron chi connectivity index (χ2n) is 3.58. The van der Waals surface area contributed by atoms with Crippen molar-refractivity contribution >= 4 is 17.6 Å². The Hall–Kier alpha value is -2.15. The van der Waals surface area contributed by atoms with Crippen molar-refractivity contribution in [3.63, 3.8) is 0 Å². The Morgan fingerprint density at radius 1 is 1.44 bits per heavy atom. The Bertz CT molecular complexity index is 464. The second kappa shape index (κ2) is 5.97. The number of nitrogens with two attached hydrogens (primary N) is 1. The van der Waals surface area contributed by atoms with Crippen LogP contribution in [0.5, 0.6) is 0 Å². The normalized spacial score (nSPS) is 11.9. The predicted octanol–water partition coefficient (Wildman–Crippen LogP) is -0.0267. The molecular formula is C11H13FN2O4. The highest BCUT2D eigenvalue weighted by molar-refractivity contribution is 6.00. The molecular weight excluding hydrogens is 243 g/mol. The summed E-state index contributed by atoms with van der Waals surface area (Å²) in [5, 5.41) is 19.6. The van der Waals surface area contributed by atoms with Crippen molar-refractivity contribution in [3.8, 4) is 0 Å². The quantitative estimate of drug-likeness (QED) is 0.553. The number of carbonyl (C=O) groups excluding carboxylic acids is 1. The summed E-state index contributed by atoms with van der Waals surface area (Å²) in [6.45, 7) is -0.393. The van der Waals surface area contributed by atoms with Crippen LogP contribution in [0.25, 0.3) is 0 Å². The maximum atomic E-state index is 13.1. The van der Waals surface area contributed by atoms with E-state index in [2.05, 4.69) is 5.32 Å². The van der Waals surface area contributed by atoms with Crippen LogP contribution in [0, 0.1) is 5.82 Å². The maximum absolute atomic E-state index is 13.1. The molecule has 0 radical (unpaired) electrons. The van der Waals surface area contributed by atoms with Gasteiger partial charge in [0.2, 0.25) is 0 Å². The van der Waals surface area contributed by atoms with Gasteiger partial charge >= 0.3 is 5.97 Å². The van der Waals surface area contributed by atoms with E-state index in [1.165, 1.54) is 12.1 Å². The molecule has 0 unspecified atom stereocenters. The summed E-state index contributed by atoms with van der Waals surface area (Å²) in [5.74, 6) is -2.84. The average Bonchev–Trinajstić information content (AvgIpc) is 2.31. The zero-order valence-electron chi connectivity index (χ0n) is 9.39. The molecule has 5 N–H and O–H groups in total. The first-order valence-electron chi connectivity index (χ1n) is 5.16. The number of nitrogen functional groups attached to an aromatic ring is 1. The number of amides is 1. The third-order valence-corrected chi connectivity index (χ3v) is 2.32. The third kappa shape index (κ3) is 3.17. The highest BCUT2D eigenvalue weighted by Crippen LogP contribution is 2.15. The number of nitrogens with one attached hydrogen (secondary N) is 1. The number of anilines is 1. The van der Waals surface area contributed by atoms with Crippen LogP contribution in [-0.4, -0.2) is 34.7 Å². The molecule has 98 valence electrons. The van der Waals surface area contributed by atoms with E-state index >= 15 is 0 Å². The lowest BCUT2D eigenvalue weighted by molar-refractivity contribution is -0.139. The van der Waals surface area contributed by atoms with E-state index < -0.39 is 30.3 Å². The molecule has 0 saturated carbocycles. The van der Waals surface area contributed by atoms with Gasteiger partial charge in [-0.3, -0.25) is 4.79 Å². The fourth-order valence-corrected chi connectivity index (χ4v) is 1.36. The summed E-state index contributed by atoms with van der Waals surface area (Å²) < 4.78 is 13.1. The second-order valence-corrected chi connectivity index (χ2v) is 3.58. The molecule has 1 aromatic rings. The first kappa shape index (κ1) is 13.9. The molecule has 0 bridgehead atoms. The van der Waals surface area contributed by atoms with Crippen LogP contribution in [0.3, 0.4) is 0 Å². The first-order valence-corrected chi connectivity index (χ1v) is 5.16. The Kier molecular flexibility index (Phi) is 4.61. The molecule has 0 fully saturated rings. The molecule has 0 aliphatic rings. The number of benzene rings is 1. The number of carboxylic acids is 1. The fraction of sp³-hybridized carbons (Fsp3) is 0.273. The van der Waals surface area contributed by atoms with E-state index in [-0.39, 0.29) is 17.7 Å². The number of aliphatic carboxylic acids is 1. The predicted molar refractivity (Wildman–Crippen MR) is 61.4 cm³/mol. The lowest BCUT2D eigenvalue weighted by Gasteiger charge is -2.14. The van der Waals surface area contributed by atoms with Gasteiger partial charge in [-0.05, 0) is 12.1 Å². The minimum Gasteiger partial charge on any atom is -0.480 e. The molecule has 1 aromatic carbocycles. The molecule has 1 rings (SSSR count). The van der Waals surface area contributed by atoms with E-state index in [1.54, 1.807) is 0 Å². The lowest BCUT2D eigenvalue weighted by atomic mass is 10.1. The Labute approximate surface area is 102 Å². The summed E-state index contributed by atoms with van der Waals surface area (Å²) in [6.07, 6.45) is -0.143. The van der Waals surface area contributed by atoms with E-state index in [4.69, 9.17) is 15.9 Å². The number of carbonyl (C=O) groups is 2. The fourth-order valence-electron chi connectivity index (χ4n) is 1.36. The highest BCUT2D eigenvalue weighted by atomic mass is 19.1. The summed E-state index contributed by atoms with van der Waals surface area (Å²) in [6, 6.07) is 2.42. The number of aliphatic hydroxyl groups is 1. The molecule has 18 heavy (non-hydrogen) atoms. The van der Waals surface area contributed by atoms with Crippen LogP contribution in [0.2, 0.25) is 0 Å². The standard InChI is InChI=1S/C11H13FN2O4/c12-7-3-1-2-6(9(7)13)10(16)14-8(4-5-15)11(17)18/h1-3,8,15H,4-5,13H2,(H,14,16)(H,17,18)/t8-/m0/s1. The topological polar surface area (TPSA) is 113 Å². The number of rotatable bonds is 5. The van der Waals surface area contributed by atoms with Crippen molar-refractivity contribution in [3.05, 3.63) is 29.6 Å². The van der Waals surface area contributed by atoms with Crippen molar-refractivity contribution in [1.82, 2.24) is 5.32 Å². The minimum absolute atomic E-state index is 0.140. The highest BCUT2D eigenvalue weighted by Gasteiger charge is 2.21. The Morgan fingerprint density at radius 2 is 2.11 bits per heavy atom. The van der Waals surface area contributed by atoms with Crippen molar-refractivity contribution in [2.24, 2.45) is 0 Å². The SMILES string of the molecule is Nc1c(F)cccc1C(=O)N[C@@H](CCO)C(=O)O. The van der Waals surface area contributed by atoms with Crippen LogP contribution < -0.4 is 11.1 Å². The molecule has 0 aliphatic carbocycles. The summed E-state index contributed by atoms with van der Waals surface area (Å²) >= 11 is 0. The number of para-hydroxylation sites is 1. The lowest BCUT2D eigenvalue weighted by Crippen LogP contribution is -2.41. The number of carboxylic acid groups (broad SMARTS) is 1. The molecule has 1 amide bonds. The molecule has 7 heteroatoms. The molecule has 0 aliphatic heterocycles. The molecule has 0 saturated heterocycles. The van der Waals surface area contributed by atoms with Crippen molar-refractivity contribution in [2.45, 2.75) is 12.5 Å². The van der Waals surface area contributed by atoms with Crippen LogP contribution in [0.15, 0.2) is 18.2 Å². The van der Waals surface area contributed by atoms with Gasteiger partial charge in [0.1, 0.15) is 11.9 Å². The van der Waals surface area contributed by atoms with Crippen molar-refractivity contribution in [1.29, 1.82) is 0 Å². The average molecular weight is 256 g/mol. The van der Waals surface area contributed by atoms with Crippen LogP contribution in [-0.2, 0) is 4.79 Å². The van der Waals surface area contributed by atoms with Gasteiger partial charge in [-0.25, -0.2) is 9.18 Å². The third-order valence-electron chi connectivity index (χ3n) is 2.32. The van der Waals surface area contributed by atoms with Gasteiger partial charge < -0.3 is 21.3 Å². The number of halogens is 1. The van der Waals surface area contributed by atoms with Crippen LogP contribution in [0.4, 0.5) is 10.1 Å². The van der Waals surface area contributed by atoms with Crippen molar-refractivity contribution < 1.29 is 24.2 Å². The first-order chi connectivity index (χ1) is 8.47. The van der Waals surface area contributed by atoms with E-state index in [1.807, 2.05) is 0 Å². The van der Waals surface area contributed by atoms with E-state index in [0.717, 1.165) is 6.07 Å². The van der Waals surface area contributed by atoms with Gasteiger partial charge in [0.15, 0.2) is 0 Å². The molecule has 6 nitrogen and oxygen atoms in total.